The second-order valence-electron chi connectivity index (χ2n) is 10.3. The van der Waals surface area contributed by atoms with Gasteiger partial charge in [0, 0.05) is 29.0 Å². The molecule has 0 aliphatic carbocycles. The normalized spacial score (nSPS) is 14.3. The molecule has 4 aromatic carbocycles. The lowest BCUT2D eigenvalue weighted by atomic mass is 10.1. The molecule has 1 saturated heterocycles. The largest absolute Gasteiger partial charge is 0.497 e. The van der Waals surface area contributed by atoms with E-state index in [0.717, 1.165) is 0 Å². The summed E-state index contributed by atoms with van der Waals surface area (Å²) in [4.78, 5) is 64.8. The minimum absolute atomic E-state index is 0.0264. The van der Waals surface area contributed by atoms with E-state index in [2.05, 4.69) is 15.5 Å². The van der Waals surface area contributed by atoms with Crippen molar-refractivity contribution in [3.63, 3.8) is 0 Å². The number of hydrogen-bond donors (Lipinski definition) is 1. The van der Waals surface area contributed by atoms with E-state index < -0.39 is 23.7 Å². The fourth-order valence-electron chi connectivity index (χ4n) is 4.57. The summed E-state index contributed by atoms with van der Waals surface area (Å²) in [7, 11) is 1.52. The number of methoxy groups -OCH3 is 1. The van der Waals surface area contributed by atoms with Crippen molar-refractivity contribution in [3.05, 3.63) is 109 Å². The topological polar surface area (TPSA) is 144 Å². The minimum Gasteiger partial charge on any atom is -0.497 e. The van der Waals surface area contributed by atoms with Crippen molar-refractivity contribution < 1.29 is 33.4 Å². The first-order valence-corrected chi connectivity index (χ1v) is 15.5. The van der Waals surface area contributed by atoms with Crippen LogP contribution < -0.4 is 15.0 Å². The van der Waals surface area contributed by atoms with Gasteiger partial charge in [0.1, 0.15) is 5.75 Å². The molecule has 0 aromatic heterocycles. The van der Waals surface area contributed by atoms with E-state index in [4.69, 9.17) is 9.47 Å². The van der Waals surface area contributed by atoms with Gasteiger partial charge in [0.15, 0.2) is 12.4 Å². The molecule has 5 rings (SSSR count). The Balaban J connectivity index is 1.09. The Morgan fingerprint density at radius 3 is 2.26 bits per heavy atom. The van der Waals surface area contributed by atoms with Gasteiger partial charge in [0.05, 0.1) is 35.8 Å². The van der Waals surface area contributed by atoms with Crippen molar-refractivity contribution in [2.24, 2.45) is 10.2 Å². The molecule has 0 spiro atoms. The number of ether oxygens (including phenoxy) is 2. The molecule has 12 heteroatoms. The molecule has 238 valence electrons. The molecule has 1 N–H and O–H groups in total. The molecule has 11 nitrogen and oxygen atoms in total. The van der Waals surface area contributed by atoms with Crippen molar-refractivity contribution in [2.75, 3.05) is 23.9 Å². The molecule has 1 aliphatic heterocycles. The molecule has 0 radical (unpaired) electrons. The van der Waals surface area contributed by atoms with Gasteiger partial charge in [0.25, 0.3) is 0 Å². The fraction of sp³-hybridized carbons (Fsp3) is 0.171. The lowest BCUT2D eigenvalue weighted by Crippen LogP contribution is -2.31. The molecule has 1 aliphatic rings. The standard InChI is InChI=1S/C35H30N4O7S/c1-45-28-16-10-23(11-17-28)30(40)22-46-34(43)19-18-32(41)36-26-8-5-9-29(20-26)47-31-21-33(42)39(35(31)44)27-14-12-25(13-15-27)38-37-24-6-3-2-4-7-24/h2-17,20,31H,18-19,21-22H2,1H3,(H,36,41). The molecular weight excluding hydrogens is 620 g/mol. The summed E-state index contributed by atoms with van der Waals surface area (Å²) in [6.45, 7) is -0.433. The Labute approximate surface area is 275 Å². The number of anilines is 2. The Morgan fingerprint density at radius 1 is 0.851 bits per heavy atom. The number of nitrogens with zero attached hydrogens (tertiary/aromatic N) is 3. The molecule has 1 heterocycles. The van der Waals surface area contributed by atoms with Gasteiger partial charge in [-0.05, 0) is 78.9 Å². The highest BCUT2D eigenvalue weighted by Gasteiger charge is 2.40. The predicted molar refractivity (Wildman–Crippen MR) is 176 cm³/mol. The summed E-state index contributed by atoms with van der Waals surface area (Å²) >= 11 is 1.23. The van der Waals surface area contributed by atoms with Gasteiger partial charge in [-0.3, -0.25) is 24.0 Å². The average Bonchev–Trinajstić information content (AvgIpc) is 3.37. The van der Waals surface area contributed by atoms with Crippen molar-refractivity contribution in [1.29, 1.82) is 0 Å². The summed E-state index contributed by atoms with van der Waals surface area (Å²) in [5.74, 6) is -1.51. The zero-order valence-corrected chi connectivity index (χ0v) is 26.1. The number of thioether (sulfide) groups is 1. The molecular formula is C35H30N4O7S. The molecule has 4 aromatic rings. The maximum absolute atomic E-state index is 13.2. The number of hydrogen-bond acceptors (Lipinski definition) is 10. The first kappa shape index (κ1) is 32.8. The van der Waals surface area contributed by atoms with Crippen LogP contribution >= 0.6 is 11.8 Å². The fourth-order valence-corrected chi connectivity index (χ4v) is 5.69. The maximum Gasteiger partial charge on any atom is 0.306 e. The summed E-state index contributed by atoms with van der Waals surface area (Å²) in [6.07, 6.45) is -0.329. The lowest BCUT2D eigenvalue weighted by Gasteiger charge is -2.15. The maximum atomic E-state index is 13.2. The third-order valence-corrected chi connectivity index (χ3v) is 8.16. The van der Waals surface area contributed by atoms with Gasteiger partial charge >= 0.3 is 5.97 Å². The van der Waals surface area contributed by atoms with E-state index in [1.54, 1.807) is 72.8 Å². The highest BCUT2D eigenvalue weighted by Crippen LogP contribution is 2.35. The third-order valence-electron chi connectivity index (χ3n) is 6.98. The number of carbonyl (C=O) groups is 5. The van der Waals surface area contributed by atoms with Gasteiger partial charge in [-0.1, -0.05) is 24.3 Å². The van der Waals surface area contributed by atoms with Crippen molar-refractivity contribution in [3.8, 4) is 5.75 Å². The van der Waals surface area contributed by atoms with Crippen LogP contribution in [0.2, 0.25) is 0 Å². The number of carbonyl (C=O) groups excluding carboxylic acids is 5. The number of esters is 1. The predicted octanol–water partition coefficient (Wildman–Crippen LogP) is 6.68. The number of rotatable bonds is 13. The Bertz CT molecular complexity index is 1800. The van der Waals surface area contributed by atoms with E-state index in [1.165, 1.54) is 23.8 Å². The van der Waals surface area contributed by atoms with Crippen LogP contribution in [0.5, 0.6) is 5.75 Å². The second-order valence-corrected chi connectivity index (χ2v) is 11.6. The number of Topliss-reactive ketones (excluding diaryl/α,β-unsaturated/α-hetero) is 1. The second kappa shape index (κ2) is 15.6. The van der Waals surface area contributed by atoms with Crippen LogP contribution in [0.25, 0.3) is 0 Å². The average molecular weight is 651 g/mol. The number of imide groups is 1. The van der Waals surface area contributed by atoms with E-state index in [1.807, 2.05) is 30.3 Å². The van der Waals surface area contributed by atoms with Gasteiger partial charge < -0.3 is 14.8 Å². The summed E-state index contributed by atoms with van der Waals surface area (Å²) in [6, 6.07) is 29.3. The third kappa shape index (κ3) is 8.98. The Kier molecular flexibility index (Phi) is 10.9. The van der Waals surface area contributed by atoms with Crippen LogP contribution in [0.1, 0.15) is 29.6 Å². The quantitative estimate of drug-likeness (QED) is 0.0731. The molecule has 47 heavy (non-hydrogen) atoms. The van der Waals surface area contributed by atoms with Crippen LogP contribution in [0.15, 0.2) is 118 Å². The van der Waals surface area contributed by atoms with Gasteiger partial charge in [-0.2, -0.15) is 10.2 Å². The molecule has 0 saturated carbocycles. The van der Waals surface area contributed by atoms with Crippen LogP contribution in [0.3, 0.4) is 0 Å². The van der Waals surface area contributed by atoms with E-state index in [0.29, 0.717) is 39.0 Å². The van der Waals surface area contributed by atoms with Gasteiger partial charge in [0.2, 0.25) is 17.7 Å². The number of amides is 3. The Morgan fingerprint density at radius 2 is 1.55 bits per heavy atom. The van der Waals surface area contributed by atoms with E-state index in [-0.39, 0.29) is 36.9 Å². The molecule has 0 bridgehead atoms. The minimum atomic E-state index is -0.675. The molecule has 3 amide bonds. The highest BCUT2D eigenvalue weighted by molar-refractivity contribution is 8.00. The smallest absolute Gasteiger partial charge is 0.306 e. The lowest BCUT2D eigenvalue weighted by molar-refractivity contribution is -0.143. The number of benzene rings is 4. The van der Waals surface area contributed by atoms with Crippen LogP contribution in [-0.4, -0.2) is 48.4 Å². The van der Waals surface area contributed by atoms with Crippen molar-refractivity contribution >= 4 is 64.0 Å². The number of azo groups is 1. The number of ketones is 1. The molecule has 1 fully saturated rings. The highest BCUT2D eigenvalue weighted by atomic mass is 32.2. The number of nitrogens with one attached hydrogen (secondary N) is 1. The van der Waals surface area contributed by atoms with Crippen LogP contribution in [0, 0.1) is 0 Å². The molecule has 1 unspecified atom stereocenters. The summed E-state index contributed by atoms with van der Waals surface area (Å²) in [5, 5.41) is 10.5. The summed E-state index contributed by atoms with van der Waals surface area (Å²) < 4.78 is 10.1. The van der Waals surface area contributed by atoms with E-state index >= 15 is 0 Å². The first-order valence-electron chi connectivity index (χ1n) is 14.6. The zero-order valence-electron chi connectivity index (χ0n) is 25.3. The SMILES string of the molecule is COc1ccc(C(=O)COC(=O)CCC(=O)Nc2cccc(SC3CC(=O)N(c4ccc(N=Nc5ccccc5)cc4)C3=O)c2)cc1. The monoisotopic (exact) mass is 650 g/mol. The summed E-state index contributed by atoms with van der Waals surface area (Å²) in [5.41, 5.74) is 2.59. The molecule has 1 atom stereocenters. The van der Waals surface area contributed by atoms with Crippen molar-refractivity contribution in [1.82, 2.24) is 0 Å². The zero-order chi connectivity index (χ0) is 33.2. The van der Waals surface area contributed by atoms with Gasteiger partial charge in [-0.15, -0.1) is 11.8 Å². The van der Waals surface area contributed by atoms with Gasteiger partial charge in [-0.25, -0.2) is 4.90 Å². The first-order chi connectivity index (χ1) is 22.8. The Hall–Kier alpha value is -5.62. The van der Waals surface area contributed by atoms with Crippen LogP contribution in [-0.2, 0) is 23.9 Å². The van der Waals surface area contributed by atoms with E-state index in [9.17, 15) is 24.0 Å². The van der Waals surface area contributed by atoms with Crippen LogP contribution in [0.4, 0.5) is 22.7 Å². The van der Waals surface area contributed by atoms with Crippen molar-refractivity contribution in [2.45, 2.75) is 29.4 Å².